The Balaban J connectivity index is 1.39. The molecule has 1 N–H and O–H groups in total. The lowest BCUT2D eigenvalue weighted by Crippen LogP contribution is -2.49. The van der Waals surface area contributed by atoms with Crippen molar-refractivity contribution in [3.05, 3.63) is 54.2 Å². The molecule has 6 nitrogen and oxygen atoms in total. The number of aromatic nitrogens is 1. The summed E-state index contributed by atoms with van der Waals surface area (Å²) in [6.07, 6.45) is 1.68. The third kappa shape index (κ3) is 5.19. The molecule has 1 aromatic heterocycles. The summed E-state index contributed by atoms with van der Waals surface area (Å²) in [5.41, 5.74) is 0.964. The average Bonchev–Trinajstić information content (AvgIpc) is 2.69. The van der Waals surface area contributed by atoms with Crippen LogP contribution < -0.4 is 9.64 Å². The topological polar surface area (TPSA) is 72.6 Å². The van der Waals surface area contributed by atoms with Crippen LogP contribution in [0.2, 0.25) is 0 Å². The highest BCUT2D eigenvalue weighted by Gasteiger charge is 2.20. The largest absolute Gasteiger partial charge is 0.491 e. The second kappa shape index (κ2) is 9.18. The Kier molecular flexibility index (Phi) is 6.42. The summed E-state index contributed by atoms with van der Waals surface area (Å²) < 4.78 is 5.65. The van der Waals surface area contributed by atoms with Crippen LogP contribution in [-0.2, 0) is 6.42 Å². The molecular formula is C20H24N4O2. The van der Waals surface area contributed by atoms with E-state index in [1.54, 1.807) is 0 Å². The second-order valence-corrected chi connectivity index (χ2v) is 6.42. The molecule has 1 saturated heterocycles. The van der Waals surface area contributed by atoms with Gasteiger partial charge >= 0.3 is 0 Å². The number of β-amino-alcohol motifs (C(OH)–C–C–N with tert-alkyl or cyclic N) is 1. The third-order valence-corrected chi connectivity index (χ3v) is 4.46. The number of piperazine rings is 1. The zero-order valence-electron chi connectivity index (χ0n) is 14.8. The molecule has 1 fully saturated rings. The summed E-state index contributed by atoms with van der Waals surface area (Å²) in [6.45, 7) is 4.48. The van der Waals surface area contributed by atoms with Gasteiger partial charge in [-0.15, -0.1) is 0 Å². The number of nitrogens with zero attached hydrogens (tertiary/aromatic N) is 4. The van der Waals surface area contributed by atoms with Crippen molar-refractivity contribution in [2.75, 3.05) is 44.2 Å². The highest BCUT2D eigenvalue weighted by Crippen LogP contribution is 2.14. The van der Waals surface area contributed by atoms with Gasteiger partial charge in [0.2, 0.25) is 0 Å². The molecule has 2 aromatic rings. The SMILES string of the molecule is N#CCc1ccc(OCC(O)CN2CCN(c3ccccn3)CC2)cc1. The zero-order valence-corrected chi connectivity index (χ0v) is 14.8. The minimum Gasteiger partial charge on any atom is -0.491 e. The monoisotopic (exact) mass is 352 g/mol. The summed E-state index contributed by atoms with van der Waals surface area (Å²) in [4.78, 5) is 8.91. The maximum absolute atomic E-state index is 10.2. The molecule has 0 radical (unpaired) electrons. The zero-order chi connectivity index (χ0) is 18.2. The van der Waals surface area contributed by atoms with Gasteiger partial charge in [-0.05, 0) is 29.8 Å². The van der Waals surface area contributed by atoms with Gasteiger partial charge < -0.3 is 14.7 Å². The summed E-state index contributed by atoms with van der Waals surface area (Å²) in [6, 6.07) is 15.5. The first-order chi connectivity index (χ1) is 12.7. The molecule has 1 aliphatic rings. The first-order valence-corrected chi connectivity index (χ1v) is 8.89. The van der Waals surface area contributed by atoms with Crippen molar-refractivity contribution in [1.29, 1.82) is 5.26 Å². The molecule has 0 saturated carbocycles. The molecule has 1 atom stereocenters. The summed E-state index contributed by atoms with van der Waals surface area (Å²) in [7, 11) is 0. The molecule has 1 unspecified atom stereocenters. The van der Waals surface area contributed by atoms with Crippen molar-refractivity contribution in [1.82, 2.24) is 9.88 Å². The number of ether oxygens (including phenoxy) is 1. The maximum atomic E-state index is 10.2. The summed E-state index contributed by atoms with van der Waals surface area (Å²) in [5, 5.41) is 18.9. The first-order valence-electron chi connectivity index (χ1n) is 8.89. The van der Waals surface area contributed by atoms with E-state index in [-0.39, 0.29) is 6.61 Å². The van der Waals surface area contributed by atoms with E-state index in [2.05, 4.69) is 20.9 Å². The van der Waals surface area contributed by atoms with Gasteiger partial charge in [0, 0.05) is 38.9 Å². The highest BCUT2D eigenvalue weighted by atomic mass is 16.5. The second-order valence-electron chi connectivity index (χ2n) is 6.42. The molecule has 136 valence electrons. The van der Waals surface area contributed by atoms with Crippen molar-refractivity contribution in [2.45, 2.75) is 12.5 Å². The number of aliphatic hydroxyl groups is 1. The van der Waals surface area contributed by atoms with Gasteiger partial charge in [0.15, 0.2) is 0 Å². The van der Waals surface area contributed by atoms with E-state index in [1.807, 2.05) is 48.7 Å². The Morgan fingerprint density at radius 1 is 1.12 bits per heavy atom. The minimum atomic E-state index is -0.532. The predicted octanol–water partition coefficient (Wildman–Crippen LogP) is 1.71. The van der Waals surface area contributed by atoms with E-state index in [0.717, 1.165) is 37.6 Å². The number of pyridine rings is 1. The Morgan fingerprint density at radius 3 is 2.54 bits per heavy atom. The number of benzene rings is 1. The standard InChI is InChI=1S/C20H24N4O2/c21-9-8-17-4-6-19(7-5-17)26-16-18(25)15-23-11-13-24(14-12-23)20-3-1-2-10-22-20/h1-7,10,18,25H,8,11-16H2. The van der Waals surface area contributed by atoms with Crippen LogP contribution in [0.5, 0.6) is 5.75 Å². The van der Waals surface area contributed by atoms with E-state index in [9.17, 15) is 5.11 Å². The quantitative estimate of drug-likeness (QED) is 0.818. The van der Waals surface area contributed by atoms with Gasteiger partial charge in [-0.3, -0.25) is 4.90 Å². The number of anilines is 1. The van der Waals surface area contributed by atoms with Crippen LogP contribution in [-0.4, -0.2) is 60.4 Å². The smallest absolute Gasteiger partial charge is 0.128 e. The van der Waals surface area contributed by atoms with E-state index in [1.165, 1.54) is 0 Å². The molecule has 3 rings (SSSR count). The van der Waals surface area contributed by atoms with Crippen molar-refractivity contribution < 1.29 is 9.84 Å². The molecule has 0 spiro atoms. The first kappa shape index (κ1) is 18.2. The fourth-order valence-corrected chi connectivity index (χ4v) is 3.04. The van der Waals surface area contributed by atoms with E-state index in [0.29, 0.717) is 18.7 Å². The lowest BCUT2D eigenvalue weighted by atomic mass is 10.2. The number of nitriles is 1. The Hall–Kier alpha value is -2.62. The van der Waals surface area contributed by atoms with E-state index < -0.39 is 6.10 Å². The summed E-state index contributed by atoms with van der Waals surface area (Å²) in [5.74, 6) is 1.72. The van der Waals surface area contributed by atoms with Crippen molar-refractivity contribution in [3.63, 3.8) is 0 Å². The van der Waals surface area contributed by atoms with Crippen molar-refractivity contribution >= 4 is 5.82 Å². The predicted molar refractivity (Wildman–Crippen MR) is 100 cm³/mol. The van der Waals surface area contributed by atoms with Gasteiger partial charge in [-0.25, -0.2) is 4.98 Å². The molecule has 0 bridgehead atoms. The van der Waals surface area contributed by atoms with Gasteiger partial charge in [0.1, 0.15) is 24.3 Å². The lowest BCUT2D eigenvalue weighted by molar-refractivity contribution is 0.0662. The molecule has 6 heteroatoms. The van der Waals surface area contributed by atoms with Gasteiger partial charge in [-0.1, -0.05) is 18.2 Å². The number of aliphatic hydroxyl groups excluding tert-OH is 1. The number of rotatable bonds is 7. The van der Waals surface area contributed by atoms with Crippen LogP contribution in [0.3, 0.4) is 0 Å². The van der Waals surface area contributed by atoms with Crippen LogP contribution in [0.15, 0.2) is 48.7 Å². The van der Waals surface area contributed by atoms with Crippen LogP contribution in [0, 0.1) is 11.3 Å². The Labute approximate surface area is 154 Å². The average molecular weight is 352 g/mol. The Morgan fingerprint density at radius 2 is 1.88 bits per heavy atom. The molecule has 26 heavy (non-hydrogen) atoms. The van der Waals surface area contributed by atoms with Gasteiger partial charge in [0.05, 0.1) is 12.5 Å². The fourth-order valence-electron chi connectivity index (χ4n) is 3.04. The van der Waals surface area contributed by atoms with Gasteiger partial charge in [-0.2, -0.15) is 5.26 Å². The normalized spacial score (nSPS) is 16.1. The molecular weight excluding hydrogens is 328 g/mol. The highest BCUT2D eigenvalue weighted by molar-refractivity contribution is 5.38. The summed E-state index contributed by atoms with van der Waals surface area (Å²) >= 11 is 0. The van der Waals surface area contributed by atoms with Crippen LogP contribution >= 0.6 is 0 Å². The maximum Gasteiger partial charge on any atom is 0.128 e. The molecule has 1 aliphatic heterocycles. The number of hydrogen-bond acceptors (Lipinski definition) is 6. The molecule has 0 amide bonds. The van der Waals surface area contributed by atoms with Gasteiger partial charge in [0.25, 0.3) is 0 Å². The number of hydrogen-bond donors (Lipinski definition) is 1. The third-order valence-electron chi connectivity index (χ3n) is 4.46. The van der Waals surface area contributed by atoms with E-state index >= 15 is 0 Å². The Bertz CT molecular complexity index is 707. The van der Waals surface area contributed by atoms with Crippen LogP contribution in [0.4, 0.5) is 5.82 Å². The molecule has 1 aromatic carbocycles. The van der Waals surface area contributed by atoms with Crippen LogP contribution in [0.25, 0.3) is 0 Å². The lowest BCUT2D eigenvalue weighted by Gasteiger charge is -2.36. The van der Waals surface area contributed by atoms with Crippen molar-refractivity contribution in [3.8, 4) is 11.8 Å². The van der Waals surface area contributed by atoms with Crippen molar-refractivity contribution in [2.24, 2.45) is 0 Å². The molecule has 2 heterocycles. The van der Waals surface area contributed by atoms with Crippen LogP contribution in [0.1, 0.15) is 5.56 Å². The fraction of sp³-hybridized carbons (Fsp3) is 0.400. The minimum absolute atomic E-state index is 0.262. The molecule has 0 aliphatic carbocycles. The van der Waals surface area contributed by atoms with E-state index in [4.69, 9.17) is 10.00 Å².